The van der Waals surface area contributed by atoms with Crippen molar-refractivity contribution in [3.05, 3.63) is 12.2 Å². The van der Waals surface area contributed by atoms with E-state index in [0.717, 1.165) is 26.1 Å². The Kier molecular flexibility index (Phi) is 14.8. The summed E-state index contributed by atoms with van der Waals surface area (Å²) in [5.41, 5.74) is 0. The first kappa shape index (κ1) is 22.2. The number of rotatable bonds is 17. The number of aliphatic imine (C=N–C) groups is 1. The predicted octanol–water partition coefficient (Wildman–Crippen LogP) is 5.73. The molecule has 1 aliphatic rings. The summed E-state index contributed by atoms with van der Waals surface area (Å²) >= 11 is 0. The van der Waals surface area contributed by atoms with Gasteiger partial charge in [0.2, 0.25) is 0 Å². The van der Waals surface area contributed by atoms with E-state index in [-0.39, 0.29) is 6.61 Å². The maximum absolute atomic E-state index is 9.05. The van der Waals surface area contributed by atoms with Crippen molar-refractivity contribution in [2.24, 2.45) is 4.99 Å². The number of hydrogen-bond donors (Lipinski definition) is 1. The lowest BCUT2D eigenvalue weighted by Crippen LogP contribution is -2.30. The van der Waals surface area contributed by atoms with Crippen LogP contribution in [-0.4, -0.2) is 42.1 Å². The quantitative estimate of drug-likeness (QED) is 0.268. The molecule has 0 aliphatic carbocycles. The van der Waals surface area contributed by atoms with Gasteiger partial charge in [0.05, 0.1) is 19.0 Å². The molecule has 1 N–H and O–H groups in total. The summed E-state index contributed by atoms with van der Waals surface area (Å²) in [4.78, 5) is 6.81. The van der Waals surface area contributed by atoms with E-state index in [1.54, 1.807) is 0 Å². The minimum atomic E-state index is 0.241. The second kappa shape index (κ2) is 16.6. The SMILES string of the molecule is CCCCCCCC/C=C/CCCCCCCC1=NCCN1CCO. The van der Waals surface area contributed by atoms with Crippen LogP contribution in [0.25, 0.3) is 0 Å². The summed E-state index contributed by atoms with van der Waals surface area (Å²) in [6.07, 6.45) is 23.4. The Labute approximate surface area is 156 Å². The highest BCUT2D eigenvalue weighted by Crippen LogP contribution is 2.12. The Balaban J connectivity index is 1.82. The van der Waals surface area contributed by atoms with Gasteiger partial charge in [0.25, 0.3) is 0 Å². The second-order valence-electron chi connectivity index (χ2n) is 7.34. The Morgan fingerprint density at radius 3 is 2.12 bits per heavy atom. The third-order valence-corrected chi connectivity index (χ3v) is 5.06. The summed E-state index contributed by atoms with van der Waals surface area (Å²) < 4.78 is 0. The monoisotopic (exact) mass is 350 g/mol. The van der Waals surface area contributed by atoms with Crippen molar-refractivity contribution >= 4 is 5.84 Å². The highest BCUT2D eigenvalue weighted by molar-refractivity contribution is 5.83. The van der Waals surface area contributed by atoms with Crippen molar-refractivity contribution in [1.82, 2.24) is 4.90 Å². The molecule has 0 saturated carbocycles. The Morgan fingerprint density at radius 2 is 1.48 bits per heavy atom. The lowest BCUT2D eigenvalue weighted by Gasteiger charge is -2.18. The molecular weight excluding hydrogens is 308 g/mol. The van der Waals surface area contributed by atoms with E-state index < -0.39 is 0 Å². The average Bonchev–Trinajstić information content (AvgIpc) is 3.06. The van der Waals surface area contributed by atoms with Crippen molar-refractivity contribution in [2.45, 2.75) is 96.8 Å². The van der Waals surface area contributed by atoms with Crippen molar-refractivity contribution in [3.63, 3.8) is 0 Å². The highest BCUT2D eigenvalue weighted by Gasteiger charge is 2.14. The van der Waals surface area contributed by atoms with Gasteiger partial charge in [0.1, 0.15) is 0 Å². The third-order valence-electron chi connectivity index (χ3n) is 5.06. The number of nitrogens with zero attached hydrogens (tertiary/aromatic N) is 2. The zero-order valence-corrected chi connectivity index (χ0v) is 16.7. The number of aliphatic hydroxyl groups is 1. The third kappa shape index (κ3) is 12.2. The van der Waals surface area contributed by atoms with Crippen molar-refractivity contribution in [3.8, 4) is 0 Å². The van der Waals surface area contributed by atoms with Gasteiger partial charge < -0.3 is 10.0 Å². The van der Waals surface area contributed by atoms with Gasteiger partial charge in [-0.2, -0.15) is 0 Å². The van der Waals surface area contributed by atoms with Crippen molar-refractivity contribution in [2.75, 3.05) is 26.2 Å². The first-order chi connectivity index (χ1) is 12.4. The van der Waals surface area contributed by atoms with Gasteiger partial charge in [0, 0.05) is 19.5 Å². The van der Waals surface area contributed by atoms with Crippen LogP contribution >= 0.6 is 0 Å². The standard InChI is InChI=1S/C22H42N2O/c1-2-3-4-5-6-7-8-9-10-11-12-13-14-15-16-17-22-23-18-19-24(22)20-21-25/h9-10,25H,2-8,11-21H2,1H3/b10-9+. The van der Waals surface area contributed by atoms with Gasteiger partial charge in [-0.25, -0.2) is 0 Å². The molecule has 0 radical (unpaired) electrons. The maximum atomic E-state index is 9.05. The predicted molar refractivity (Wildman–Crippen MR) is 110 cm³/mol. The van der Waals surface area contributed by atoms with Crippen LogP contribution in [0.3, 0.4) is 0 Å². The second-order valence-corrected chi connectivity index (χ2v) is 7.34. The van der Waals surface area contributed by atoms with E-state index in [1.165, 1.54) is 89.3 Å². The first-order valence-electron chi connectivity index (χ1n) is 10.9. The number of unbranched alkanes of at least 4 members (excludes halogenated alkanes) is 11. The number of allylic oxidation sites excluding steroid dienone is 2. The number of hydrogen-bond acceptors (Lipinski definition) is 3. The number of β-amino-alcohol motifs (C(OH)–C–C–N with tert-alkyl or cyclic N) is 1. The zero-order chi connectivity index (χ0) is 18.0. The number of amidine groups is 1. The van der Waals surface area contributed by atoms with Crippen LogP contribution in [0.1, 0.15) is 96.8 Å². The highest BCUT2D eigenvalue weighted by atomic mass is 16.3. The molecule has 0 fully saturated rings. The van der Waals surface area contributed by atoms with Crippen molar-refractivity contribution in [1.29, 1.82) is 0 Å². The van der Waals surface area contributed by atoms with Gasteiger partial charge in [-0.15, -0.1) is 0 Å². The molecule has 0 aromatic heterocycles. The molecule has 1 heterocycles. The molecular formula is C22H42N2O. The van der Waals surface area contributed by atoms with E-state index in [2.05, 4.69) is 29.0 Å². The van der Waals surface area contributed by atoms with E-state index in [4.69, 9.17) is 5.11 Å². The van der Waals surface area contributed by atoms with Gasteiger partial charge >= 0.3 is 0 Å². The molecule has 3 nitrogen and oxygen atoms in total. The molecule has 146 valence electrons. The molecule has 0 unspecified atom stereocenters. The van der Waals surface area contributed by atoms with Crippen LogP contribution in [0.2, 0.25) is 0 Å². The maximum Gasteiger partial charge on any atom is 0.0991 e. The average molecular weight is 351 g/mol. The minimum absolute atomic E-state index is 0.241. The molecule has 1 rings (SSSR count). The van der Waals surface area contributed by atoms with Gasteiger partial charge in [-0.1, -0.05) is 70.4 Å². The topological polar surface area (TPSA) is 35.8 Å². The molecule has 0 spiro atoms. The van der Waals surface area contributed by atoms with Crippen LogP contribution in [0.4, 0.5) is 0 Å². The summed E-state index contributed by atoms with van der Waals surface area (Å²) in [6.45, 7) is 5.19. The van der Waals surface area contributed by atoms with Gasteiger partial charge in [0.15, 0.2) is 0 Å². The largest absolute Gasteiger partial charge is 0.395 e. The van der Waals surface area contributed by atoms with Crippen LogP contribution in [0.15, 0.2) is 17.1 Å². The zero-order valence-electron chi connectivity index (χ0n) is 16.7. The Morgan fingerprint density at radius 1 is 0.880 bits per heavy atom. The molecule has 25 heavy (non-hydrogen) atoms. The van der Waals surface area contributed by atoms with E-state index >= 15 is 0 Å². The fourth-order valence-electron chi connectivity index (χ4n) is 3.48. The first-order valence-corrected chi connectivity index (χ1v) is 10.9. The molecule has 1 aliphatic heterocycles. The lowest BCUT2D eigenvalue weighted by molar-refractivity contribution is 0.255. The van der Waals surface area contributed by atoms with E-state index in [9.17, 15) is 0 Å². The summed E-state index contributed by atoms with van der Waals surface area (Å²) in [6, 6.07) is 0. The van der Waals surface area contributed by atoms with Crippen LogP contribution in [-0.2, 0) is 0 Å². The summed E-state index contributed by atoms with van der Waals surface area (Å²) in [7, 11) is 0. The lowest BCUT2D eigenvalue weighted by atomic mass is 10.1. The van der Waals surface area contributed by atoms with Crippen LogP contribution in [0, 0.1) is 0 Å². The smallest absolute Gasteiger partial charge is 0.0991 e. The summed E-state index contributed by atoms with van der Waals surface area (Å²) in [5, 5.41) is 9.05. The molecule has 0 aromatic rings. The Bertz CT molecular complexity index is 352. The number of aliphatic hydroxyl groups excluding tert-OH is 1. The fraction of sp³-hybridized carbons (Fsp3) is 0.864. The van der Waals surface area contributed by atoms with Crippen LogP contribution < -0.4 is 0 Å². The van der Waals surface area contributed by atoms with E-state index in [1.807, 2.05) is 0 Å². The van der Waals surface area contributed by atoms with Gasteiger partial charge in [-0.3, -0.25) is 4.99 Å². The molecule has 3 heteroatoms. The molecule has 0 atom stereocenters. The molecule has 0 aromatic carbocycles. The molecule has 0 amide bonds. The molecule has 0 saturated heterocycles. The van der Waals surface area contributed by atoms with Crippen molar-refractivity contribution < 1.29 is 5.11 Å². The normalized spacial score (nSPS) is 14.6. The Hall–Kier alpha value is -0.830. The van der Waals surface area contributed by atoms with Crippen LogP contribution in [0.5, 0.6) is 0 Å². The minimum Gasteiger partial charge on any atom is -0.395 e. The molecule has 0 bridgehead atoms. The van der Waals surface area contributed by atoms with Gasteiger partial charge in [-0.05, 0) is 32.1 Å². The van der Waals surface area contributed by atoms with E-state index in [0.29, 0.717) is 0 Å². The fourth-order valence-corrected chi connectivity index (χ4v) is 3.48. The summed E-state index contributed by atoms with van der Waals surface area (Å²) in [5.74, 6) is 1.23.